The number of fused-ring (bicyclic) bond motifs is 1. The lowest BCUT2D eigenvalue weighted by molar-refractivity contribution is 0.287. The summed E-state index contributed by atoms with van der Waals surface area (Å²) in [5.41, 5.74) is 13.5. The molecule has 132 valence electrons. The molecule has 0 fully saturated rings. The Balaban J connectivity index is 1.42. The molecular formula is C17H17N7O2. The van der Waals surface area contributed by atoms with E-state index in [0.29, 0.717) is 24.0 Å². The molecule has 9 heteroatoms. The van der Waals surface area contributed by atoms with Gasteiger partial charge in [-0.3, -0.25) is 0 Å². The van der Waals surface area contributed by atoms with Crippen LogP contribution in [0.3, 0.4) is 0 Å². The number of benzene rings is 1. The van der Waals surface area contributed by atoms with Crippen molar-refractivity contribution in [3.63, 3.8) is 0 Å². The fraction of sp³-hybridized carbons (Fsp3) is 0.176. The van der Waals surface area contributed by atoms with Crippen molar-refractivity contribution in [2.24, 2.45) is 0 Å². The summed E-state index contributed by atoms with van der Waals surface area (Å²) in [6.45, 7) is 0.458. The van der Waals surface area contributed by atoms with E-state index in [1.807, 2.05) is 24.3 Å². The molecule has 0 unspecified atom stereocenters. The third-order valence-corrected chi connectivity index (χ3v) is 3.78. The first kappa shape index (κ1) is 15.9. The molecule has 4 rings (SSSR count). The first-order valence-corrected chi connectivity index (χ1v) is 8.10. The number of aryl methyl sites for hydroxylation is 1. The van der Waals surface area contributed by atoms with E-state index < -0.39 is 0 Å². The van der Waals surface area contributed by atoms with Gasteiger partial charge in [-0.15, -0.1) is 5.10 Å². The minimum atomic E-state index is 0.147. The molecule has 26 heavy (non-hydrogen) atoms. The lowest BCUT2D eigenvalue weighted by Gasteiger charge is -2.05. The summed E-state index contributed by atoms with van der Waals surface area (Å²) in [5.74, 6) is 1.36. The Kier molecular flexibility index (Phi) is 4.10. The van der Waals surface area contributed by atoms with E-state index in [0.717, 1.165) is 18.5 Å². The van der Waals surface area contributed by atoms with Crippen LogP contribution in [-0.4, -0.2) is 31.2 Å². The lowest BCUT2D eigenvalue weighted by Crippen LogP contribution is -2.08. The molecule has 4 aromatic rings. The van der Waals surface area contributed by atoms with Crippen LogP contribution in [0.15, 0.2) is 47.1 Å². The number of anilines is 2. The van der Waals surface area contributed by atoms with Crippen molar-refractivity contribution in [1.82, 2.24) is 24.6 Å². The van der Waals surface area contributed by atoms with Crippen molar-refractivity contribution in [1.29, 1.82) is 0 Å². The number of hydrogen-bond donors (Lipinski definition) is 2. The molecule has 0 bridgehead atoms. The van der Waals surface area contributed by atoms with E-state index in [1.54, 1.807) is 18.4 Å². The zero-order valence-electron chi connectivity index (χ0n) is 13.9. The number of furan rings is 1. The predicted octanol–water partition coefficient (Wildman–Crippen LogP) is 1.96. The average molecular weight is 351 g/mol. The van der Waals surface area contributed by atoms with Crippen molar-refractivity contribution in [2.45, 2.75) is 12.8 Å². The highest BCUT2D eigenvalue weighted by Crippen LogP contribution is 2.18. The van der Waals surface area contributed by atoms with E-state index in [-0.39, 0.29) is 12.0 Å². The molecule has 3 heterocycles. The summed E-state index contributed by atoms with van der Waals surface area (Å²) < 4.78 is 12.2. The van der Waals surface area contributed by atoms with Gasteiger partial charge in [-0.2, -0.15) is 19.5 Å². The fourth-order valence-electron chi connectivity index (χ4n) is 2.48. The molecule has 0 atom stereocenters. The Morgan fingerprint density at radius 2 is 1.88 bits per heavy atom. The van der Waals surface area contributed by atoms with E-state index in [1.165, 1.54) is 10.1 Å². The minimum Gasteiger partial charge on any atom is -0.463 e. The van der Waals surface area contributed by atoms with Crippen LogP contribution in [-0.2, 0) is 6.42 Å². The highest BCUT2D eigenvalue weighted by atomic mass is 16.5. The van der Waals surface area contributed by atoms with E-state index in [2.05, 4.69) is 20.1 Å². The molecule has 0 radical (unpaired) electrons. The maximum absolute atomic E-state index is 5.92. The highest BCUT2D eigenvalue weighted by Gasteiger charge is 2.14. The standard InChI is InChI=1S/C17H17N7O2/c18-12-7-5-11(6-8-12)3-1-10-26-17-21-15(19)24-16(22-17)20-14(23-24)13-4-2-9-25-13/h2,4-9H,1,3,10,18H2,(H2,19,20,21,22,23). The Labute approximate surface area is 148 Å². The van der Waals surface area contributed by atoms with Crippen molar-refractivity contribution < 1.29 is 9.15 Å². The quantitative estimate of drug-likeness (QED) is 0.398. The predicted molar refractivity (Wildman–Crippen MR) is 95.4 cm³/mol. The van der Waals surface area contributed by atoms with Gasteiger partial charge >= 0.3 is 6.01 Å². The van der Waals surface area contributed by atoms with Crippen LogP contribution in [0.5, 0.6) is 6.01 Å². The summed E-state index contributed by atoms with van der Waals surface area (Å²) in [5, 5.41) is 4.24. The number of nitrogens with zero attached hydrogens (tertiary/aromatic N) is 5. The van der Waals surface area contributed by atoms with Gasteiger partial charge in [0, 0.05) is 5.69 Å². The first-order valence-electron chi connectivity index (χ1n) is 8.10. The summed E-state index contributed by atoms with van der Waals surface area (Å²) in [4.78, 5) is 12.6. The molecule has 0 saturated heterocycles. The summed E-state index contributed by atoms with van der Waals surface area (Å²) in [6, 6.07) is 11.5. The van der Waals surface area contributed by atoms with Gasteiger partial charge in [0.1, 0.15) is 0 Å². The lowest BCUT2D eigenvalue weighted by atomic mass is 10.1. The number of aromatic nitrogens is 5. The third kappa shape index (κ3) is 3.27. The molecule has 9 nitrogen and oxygen atoms in total. The van der Waals surface area contributed by atoms with Crippen LogP contribution in [0.1, 0.15) is 12.0 Å². The van der Waals surface area contributed by atoms with Gasteiger partial charge in [-0.05, 0) is 42.7 Å². The SMILES string of the molecule is Nc1ccc(CCCOc2nc(N)n3nc(-c4ccco4)nc3n2)cc1. The smallest absolute Gasteiger partial charge is 0.323 e. The van der Waals surface area contributed by atoms with Crippen LogP contribution >= 0.6 is 0 Å². The molecular weight excluding hydrogens is 334 g/mol. The van der Waals surface area contributed by atoms with E-state index in [9.17, 15) is 0 Å². The van der Waals surface area contributed by atoms with Crippen LogP contribution in [0.2, 0.25) is 0 Å². The monoisotopic (exact) mass is 351 g/mol. The van der Waals surface area contributed by atoms with Crippen molar-refractivity contribution in [3.05, 3.63) is 48.2 Å². The maximum Gasteiger partial charge on any atom is 0.323 e. The Bertz CT molecular complexity index is 1010. The maximum atomic E-state index is 5.92. The highest BCUT2D eigenvalue weighted by molar-refractivity contribution is 5.51. The van der Waals surface area contributed by atoms with Gasteiger partial charge in [0.2, 0.25) is 11.8 Å². The van der Waals surface area contributed by atoms with E-state index >= 15 is 0 Å². The largest absolute Gasteiger partial charge is 0.463 e. The fourth-order valence-corrected chi connectivity index (χ4v) is 2.48. The molecule has 0 spiro atoms. The van der Waals surface area contributed by atoms with Crippen LogP contribution in [0.25, 0.3) is 17.4 Å². The molecule has 0 aliphatic rings. The Morgan fingerprint density at radius 1 is 1.04 bits per heavy atom. The number of nitrogens with two attached hydrogens (primary N) is 2. The summed E-state index contributed by atoms with van der Waals surface area (Å²) in [7, 11) is 0. The van der Waals surface area contributed by atoms with Gasteiger partial charge in [0.25, 0.3) is 5.78 Å². The molecule has 0 aliphatic carbocycles. The minimum absolute atomic E-state index is 0.147. The zero-order chi connectivity index (χ0) is 17.9. The normalized spacial score (nSPS) is 11.1. The molecule has 4 N–H and O–H groups in total. The molecule has 1 aromatic carbocycles. The van der Waals surface area contributed by atoms with Gasteiger partial charge in [-0.1, -0.05) is 12.1 Å². The summed E-state index contributed by atoms with van der Waals surface area (Å²) >= 11 is 0. The Hall–Kier alpha value is -3.62. The van der Waals surface area contributed by atoms with Crippen LogP contribution in [0.4, 0.5) is 11.6 Å². The topological polar surface area (TPSA) is 130 Å². The molecule has 3 aromatic heterocycles. The van der Waals surface area contributed by atoms with Gasteiger partial charge in [0.05, 0.1) is 12.9 Å². The molecule has 0 aliphatic heterocycles. The molecule has 0 saturated carbocycles. The van der Waals surface area contributed by atoms with Crippen LogP contribution < -0.4 is 16.2 Å². The number of rotatable bonds is 6. The third-order valence-electron chi connectivity index (χ3n) is 3.78. The second kappa shape index (κ2) is 6.71. The Morgan fingerprint density at radius 3 is 2.65 bits per heavy atom. The van der Waals surface area contributed by atoms with Crippen molar-refractivity contribution in [2.75, 3.05) is 18.1 Å². The first-order chi connectivity index (χ1) is 12.7. The van der Waals surface area contributed by atoms with Gasteiger partial charge in [0.15, 0.2) is 5.76 Å². The van der Waals surface area contributed by atoms with Crippen molar-refractivity contribution in [3.8, 4) is 17.6 Å². The number of nitrogen functional groups attached to an aromatic ring is 2. The molecule has 0 amide bonds. The van der Waals surface area contributed by atoms with Gasteiger partial charge in [-0.25, -0.2) is 0 Å². The van der Waals surface area contributed by atoms with E-state index in [4.69, 9.17) is 20.6 Å². The van der Waals surface area contributed by atoms with Gasteiger partial charge < -0.3 is 20.6 Å². The average Bonchev–Trinajstić information content (AvgIpc) is 3.30. The summed E-state index contributed by atoms with van der Waals surface area (Å²) in [6.07, 6.45) is 3.22. The second-order valence-corrected chi connectivity index (χ2v) is 5.68. The number of hydrogen-bond acceptors (Lipinski definition) is 8. The van der Waals surface area contributed by atoms with Crippen LogP contribution in [0, 0.1) is 0 Å². The second-order valence-electron chi connectivity index (χ2n) is 5.68. The number of ether oxygens (including phenoxy) is 1. The zero-order valence-corrected chi connectivity index (χ0v) is 13.9. The van der Waals surface area contributed by atoms with Crippen molar-refractivity contribution >= 4 is 17.4 Å².